The van der Waals surface area contributed by atoms with Gasteiger partial charge in [-0.25, -0.2) is 9.59 Å². The van der Waals surface area contributed by atoms with Gasteiger partial charge < -0.3 is 19.7 Å². The van der Waals surface area contributed by atoms with Crippen LogP contribution in [0.2, 0.25) is 0 Å². The monoisotopic (exact) mass is 232 g/mol. The summed E-state index contributed by atoms with van der Waals surface area (Å²) in [4.78, 5) is 23.6. The van der Waals surface area contributed by atoms with Gasteiger partial charge in [-0.1, -0.05) is 0 Å². The number of nitrogens with zero attached hydrogens (tertiary/aromatic N) is 1. The second-order valence-electron chi connectivity index (χ2n) is 4.32. The Morgan fingerprint density at radius 3 is 2.31 bits per heavy atom. The Balaban J connectivity index is 3.84. The number of ether oxygens (including phenoxy) is 2. The van der Waals surface area contributed by atoms with Crippen LogP contribution in [0.15, 0.2) is 0 Å². The number of hydrogen-bond acceptors (Lipinski definition) is 4. The van der Waals surface area contributed by atoms with Gasteiger partial charge in [-0.15, -0.1) is 0 Å². The summed E-state index contributed by atoms with van der Waals surface area (Å²) >= 11 is 0. The molecule has 0 atom stereocenters. The molecule has 0 spiro atoms. The van der Waals surface area contributed by atoms with E-state index in [0.29, 0.717) is 13.1 Å². The standard InChI is InChI=1S/C10H20N2O4/c1-10(2,3)16-9(14)12(4)7-6-11-8(13)15-5/h6-7H2,1-5H3,(H,11,13). The minimum Gasteiger partial charge on any atom is -0.453 e. The van der Waals surface area contributed by atoms with E-state index < -0.39 is 17.8 Å². The average molecular weight is 232 g/mol. The van der Waals surface area contributed by atoms with Crippen LogP contribution >= 0.6 is 0 Å². The first-order valence-electron chi connectivity index (χ1n) is 5.02. The summed E-state index contributed by atoms with van der Waals surface area (Å²) in [5.74, 6) is 0. The van der Waals surface area contributed by atoms with E-state index in [1.165, 1.54) is 12.0 Å². The zero-order chi connectivity index (χ0) is 12.8. The van der Waals surface area contributed by atoms with Gasteiger partial charge in [-0.05, 0) is 20.8 Å². The lowest BCUT2D eigenvalue weighted by molar-refractivity contribution is 0.0299. The van der Waals surface area contributed by atoms with Crippen molar-refractivity contribution in [2.45, 2.75) is 26.4 Å². The van der Waals surface area contributed by atoms with Crippen molar-refractivity contribution in [2.24, 2.45) is 0 Å². The molecule has 0 aliphatic heterocycles. The van der Waals surface area contributed by atoms with Gasteiger partial charge in [0.05, 0.1) is 7.11 Å². The maximum absolute atomic E-state index is 11.5. The maximum Gasteiger partial charge on any atom is 0.410 e. The third-order valence-electron chi connectivity index (χ3n) is 1.61. The summed E-state index contributed by atoms with van der Waals surface area (Å²) in [6.07, 6.45) is -0.934. The van der Waals surface area contributed by atoms with E-state index in [4.69, 9.17) is 4.74 Å². The summed E-state index contributed by atoms with van der Waals surface area (Å²) in [6.45, 7) is 6.08. The van der Waals surface area contributed by atoms with Gasteiger partial charge in [0.1, 0.15) is 5.60 Å². The quantitative estimate of drug-likeness (QED) is 0.794. The molecule has 0 aliphatic rings. The van der Waals surface area contributed by atoms with E-state index >= 15 is 0 Å². The number of nitrogens with one attached hydrogen (secondary N) is 1. The molecule has 6 nitrogen and oxygen atoms in total. The highest BCUT2D eigenvalue weighted by Gasteiger charge is 2.19. The summed E-state index contributed by atoms with van der Waals surface area (Å²) in [5, 5.41) is 2.47. The first kappa shape index (κ1) is 14.5. The molecule has 94 valence electrons. The minimum absolute atomic E-state index is 0.322. The molecule has 2 amide bonds. The zero-order valence-corrected chi connectivity index (χ0v) is 10.5. The highest BCUT2D eigenvalue weighted by Crippen LogP contribution is 2.08. The molecular formula is C10H20N2O4. The topological polar surface area (TPSA) is 67.9 Å². The van der Waals surface area contributed by atoms with Crippen LogP contribution in [0.1, 0.15) is 20.8 Å². The van der Waals surface area contributed by atoms with Crippen molar-refractivity contribution in [2.75, 3.05) is 27.2 Å². The third-order valence-corrected chi connectivity index (χ3v) is 1.61. The molecule has 0 saturated heterocycles. The molecule has 0 fully saturated rings. The lowest BCUT2D eigenvalue weighted by atomic mass is 10.2. The van der Waals surface area contributed by atoms with Crippen LogP contribution in [0, 0.1) is 0 Å². The Morgan fingerprint density at radius 2 is 1.88 bits per heavy atom. The van der Waals surface area contributed by atoms with Crippen LogP contribution in [-0.4, -0.2) is 49.9 Å². The molecular weight excluding hydrogens is 212 g/mol. The number of amides is 2. The number of rotatable bonds is 3. The fourth-order valence-electron chi connectivity index (χ4n) is 0.829. The van der Waals surface area contributed by atoms with Gasteiger partial charge in [0.25, 0.3) is 0 Å². The van der Waals surface area contributed by atoms with Crippen molar-refractivity contribution in [1.29, 1.82) is 0 Å². The fraction of sp³-hybridized carbons (Fsp3) is 0.800. The molecule has 16 heavy (non-hydrogen) atoms. The molecule has 0 radical (unpaired) electrons. The number of hydrogen-bond donors (Lipinski definition) is 1. The molecule has 0 unspecified atom stereocenters. The second kappa shape index (κ2) is 6.19. The molecule has 0 aromatic rings. The molecule has 0 rings (SSSR count). The molecule has 1 N–H and O–H groups in total. The molecule has 0 bridgehead atoms. The fourth-order valence-corrected chi connectivity index (χ4v) is 0.829. The van der Waals surface area contributed by atoms with Crippen molar-refractivity contribution in [3.8, 4) is 0 Å². The molecule has 0 aliphatic carbocycles. The predicted octanol–water partition coefficient (Wildman–Crippen LogP) is 1.21. The number of alkyl carbamates (subject to hydrolysis) is 1. The van der Waals surface area contributed by atoms with Gasteiger partial charge in [-0.3, -0.25) is 0 Å². The van der Waals surface area contributed by atoms with Crippen LogP contribution in [0.3, 0.4) is 0 Å². The van der Waals surface area contributed by atoms with Crippen molar-refractivity contribution < 1.29 is 19.1 Å². The van der Waals surface area contributed by atoms with Crippen LogP contribution in [0.4, 0.5) is 9.59 Å². The Kier molecular flexibility index (Phi) is 5.63. The molecule has 0 saturated carbocycles. The Hall–Kier alpha value is -1.46. The van der Waals surface area contributed by atoms with Crippen molar-refractivity contribution in [1.82, 2.24) is 10.2 Å². The third kappa shape index (κ3) is 6.92. The van der Waals surface area contributed by atoms with E-state index in [1.807, 2.05) is 0 Å². The van der Waals surface area contributed by atoms with E-state index in [2.05, 4.69) is 10.1 Å². The summed E-state index contributed by atoms with van der Waals surface area (Å²) < 4.78 is 9.51. The average Bonchev–Trinajstić information content (AvgIpc) is 2.14. The summed E-state index contributed by atoms with van der Waals surface area (Å²) in [7, 11) is 2.89. The van der Waals surface area contributed by atoms with Crippen LogP contribution in [0.25, 0.3) is 0 Å². The normalized spacial score (nSPS) is 10.6. The van der Waals surface area contributed by atoms with E-state index in [1.54, 1.807) is 27.8 Å². The number of methoxy groups -OCH3 is 1. The Morgan fingerprint density at radius 1 is 1.31 bits per heavy atom. The largest absolute Gasteiger partial charge is 0.453 e. The molecule has 6 heteroatoms. The zero-order valence-electron chi connectivity index (χ0n) is 10.5. The lowest BCUT2D eigenvalue weighted by Crippen LogP contribution is -2.39. The van der Waals surface area contributed by atoms with Crippen LogP contribution in [-0.2, 0) is 9.47 Å². The number of carbonyl (C=O) groups excluding carboxylic acids is 2. The minimum atomic E-state index is -0.516. The maximum atomic E-state index is 11.5. The first-order chi connectivity index (χ1) is 7.26. The smallest absolute Gasteiger partial charge is 0.410 e. The molecule has 0 heterocycles. The van der Waals surface area contributed by atoms with Gasteiger partial charge >= 0.3 is 12.2 Å². The first-order valence-corrected chi connectivity index (χ1v) is 5.02. The number of likely N-dealkylation sites (N-methyl/N-ethyl adjacent to an activating group) is 1. The van der Waals surface area contributed by atoms with Crippen molar-refractivity contribution in [3.63, 3.8) is 0 Å². The van der Waals surface area contributed by atoms with Gasteiger partial charge in [-0.2, -0.15) is 0 Å². The second-order valence-corrected chi connectivity index (χ2v) is 4.32. The Labute approximate surface area is 95.9 Å². The molecule has 0 aromatic carbocycles. The SMILES string of the molecule is COC(=O)NCCN(C)C(=O)OC(C)(C)C. The summed E-state index contributed by atoms with van der Waals surface area (Å²) in [5.41, 5.74) is -0.513. The van der Waals surface area contributed by atoms with Gasteiger partial charge in [0.15, 0.2) is 0 Å². The van der Waals surface area contributed by atoms with Crippen molar-refractivity contribution >= 4 is 12.2 Å². The lowest BCUT2D eigenvalue weighted by Gasteiger charge is -2.24. The molecule has 0 aromatic heterocycles. The van der Waals surface area contributed by atoms with E-state index in [9.17, 15) is 9.59 Å². The van der Waals surface area contributed by atoms with Crippen molar-refractivity contribution in [3.05, 3.63) is 0 Å². The number of carbonyl (C=O) groups is 2. The van der Waals surface area contributed by atoms with E-state index in [0.717, 1.165) is 0 Å². The summed E-state index contributed by atoms with van der Waals surface area (Å²) in [6, 6.07) is 0. The highest BCUT2D eigenvalue weighted by molar-refractivity contribution is 5.68. The van der Waals surface area contributed by atoms with Gasteiger partial charge in [0, 0.05) is 20.1 Å². The predicted molar refractivity (Wildman–Crippen MR) is 59.3 cm³/mol. The van der Waals surface area contributed by atoms with Crippen LogP contribution in [0.5, 0.6) is 0 Å². The van der Waals surface area contributed by atoms with E-state index in [-0.39, 0.29) is 0 Å². The Bertz CT molecular complexity index is 248. The highest BCUT2D eigenvalue weighted by atomic mass is 16.6. The van der Waals surface area contributed by atoms with Gasteiger partial charge in [0.2, 0.25) is 0 Å². The van der Waals surface area contributed by atoms with Crippen LogP contribution < -0.4 is 5.32 Å².